The lowest BCUT2D eigenvalue weighted by atomic mass is 9.84. The van der Waals surface area contributed by atoms with Gasteiger partial charge < -0.3 is 14.7 Å². The molecule has 4 aliphatic rings. The molecular formula is C33H67N3. The molecule has 0 spiro atoms. The fraction of sp³-hybridized carbons (Fsp3) is 1.00. The second-order valence-electron chi connectivity index (χ2n) is 14.7. The molecule has 3 atom stereocenters. The van der Waals surface area contributed by atoms with Crippen LogP contribution in [0.5, 0.6) is 0 Å². The summed E-state index contributed by atoms with van der Waals surface area (Å²) in [5, 5.41) is 0. The van der Waals surface area contributed by atoms with Crippen molar-refractivity contribution in [2.45, 2.75) is 133 Å². The normalized spacial score (nSPS) is 30.2. The van der Waals surface area contributed by atoms with E-state index in [1.165, 1.54) is 71.4 Å². The Kier molecular flexibility index (Phi) is 12.8. The van der Waals surface area contributed by atoms with Crippen LogP contribution in [0, 0.1) is 40.9 Å². The molecule has 3 nitrogen and oxygen atoms in total. The lowest BCUT2D eigenvalue weighted by Crippen LogP contribution is -2.40. The maximum atomic E-state index is 2.65. The molecule has 0 N–H and O–H groups in total. The van der Waals surface area contributed by atoms with Crippen molar-refractivity contribution in [2.24, 2.45) is 40.9 Å². The van der Waals surface area contributed by atoms with Crippen LogP contribution < -0.4 is 0 Å². The highest BCUT2D eigenvalue weighted by atomic mass is 15.2. The van der Waals surface area contributed by atoms with Crippen molar-refractivity contribution < 1.29 is 0 Å². The topological polar surface area (TPSA) is 9.72 Å². The van der Waals surface area contributed by atoms with Crippen LogP contribution in [0.25, 0.3) is 0 Å². The van der Waals surface area contributed by atoms with Crippen molar-refractivity contribution in [1.29, 1.82) is 0 Å². The molecule has 3 saturated heterocycles. The number of rotatable bonds is 6. The highest BCUT2D eigenvalue weighted by Crippen LogP contribution is 2.62. The molecule has 214 valence electrons. The zero-order valence-corrected chi connectivity index (χ0v) is 26.8. The zero-order valence-electron chi connectivity index (χ0n) is 26.8. The molecule has 4 rings (SSSR count). The zero-order chi connectivity index (χ0) is 27.2. The molecular weight excluding hydrogens is 438 g/mol. The number of likely N-dealkylation sites (tertiary alicyclic amines) is 3. The molecule has 0 aromatic heterocycles. The molecule has 4 fully saturated rings. The minimum Gasteiger partial charge on any atom is -0.301 e. The van der Waals surface area contributed by atoms with Crippen LogP contribution in [0.4, 0.5) is 0 Å². The van der Waals surface area contributed by atoms with Gasteiger partial charge in [-0.3, -0.25) is 0 Å². The van der Waals surface area contributed by atoms with E-state index < -0.39 is 0 Å². The van der Waals surface area contributed by atoms with Gasteiger partial charge in [0.1, 0.15) is 0 Å². The summed E-state index contributed by atoms with van der Waals surface area (Å²) in [7, 11) is 0. The van der Waals surface area contributed by atoms with Gasteiger partial charge in [0.15, 0.2) is 0 Å². The van der Waals surface area contributed by atoms with Gasteiger partial charge in [-0.25, -0.2) is 0 Å². The van der Waals surface area contributed by atoms with E-state index in [9.17, 15) is 0 Å². The summed E-state index contributed by atoms with van der Waals surface area (Å²) in [4.78, 5) is 7.84. The second kappa shape index (κ2) is 14.3. The maximum absolute atomic E-state index is 2.65. The van der Waals surface area contributed by atoms with Crippen molar-refractivity contribution in [2.75, 3.05) is 39.3 Å². The average molecular weight is 506 g/mol. The van der Waals surface area contributed by atoms with E-state index in [2.05, 4.69) is 97.8 Å². The SMILES string of the molecule is CC(C)C1CCN(C(C)C)C1.CC(C)C1CCN(C(C)C)CC1.CC(C)N1CCC2(C(C)C)CC2C1. The monoisotopic (exact) mass is 506 g/mol. The maximum Gasteiger partial charge on any atom is 0.00387 e. The van der Waals surface area contributed by atoms with Crippen LogP contribution in [0.1, 0.15) is 115 Å². The first-order valence-electron chi connectivity index (χ1n) is 16.0. The van der Waals surface area contributed by atoms with Crippen molar-refractivity contribution in [1.82, 2.24) is 14.7 Å². The molecule has 0 bridgehead atoms. The summed E-state index contributed by atoms with van der Waals surface area (Å²) in [6, 6.07) is 2.25. The Morgan fingerprint density at radius 2 is 0.972 bits per heavy atom. The number of fused-ring (bicyclic) bond motifs is 1. The predicted molar refractivity (Wildman–Crippen MR) is 161 cm³/mol. The molecule has 1 aliphatic carbocycles. The summed E-state index contributed by atoms with van der Waals surface area (Å²) in [6.07, 6.45) is 7.20. The third-order valence-electron chi connectivity index (χ3n) is 10.7. The van der Waals surface area contributed by atoms with Gasteiger partial charge in [0.2, 0.25) is 0 Å². The van der Waals surface area contributed by atoms with E-state index in [0.29, 0.717) is 0 Å². The summed E-state index contributed by atoms with van der Waals surface area (Å²) in [6.45, 7) is 36.1. The first kappa shape index (κ1) is 32.1. The Morgan fingerprint density at radius 3 is 1.33 bits per heavy atom. The number of piperidine rings is 2. The van der Waals surface area contributed by atoms with Crippen molar-refractivity contribution in [3.05, 3.63) is 0 Å². The Hall–Kier alpha value is -0.120. The van der Waals surface area contributed by atoms with Gasteiger partial charge >= 0.3 is 0 Å². The van der Waals surface area contributed by atoms with Gasteiger partial charge in [0, 0.05) is 31.2 Å². The first-order valence-corrected chi connectivity index (χ1v) is 16.0. The lowest BCUT2D eigenvalue weighted by Gasteiger charge is -2.36. The van der Waals surface area contributed by atoms with Gasteiger partial charge in [-0.2, -0.15) is 0 Å². The molecule has 36 heavy (non-hydrogen) atoms. The fourth-order valence-corrected chi connectivity index (χ4v) is 7.07. The minimum atomic E-state index is 0.748. The summed E-state index contributed by atoms with van der Waals surface area (Å²) in [5.74, 6) is 5.64. The Bertz CT molecular complexity index is 572. The lowest BCUT2D eigenvalue weighted by molar-refractivity contribution is 0.121. The largest absolute Gasteiger partial charge is 0.301 e. The van der Waals surface area contributed by atoms with E-state index in [0.717, 1.165) is 59.0 Å². The summed E-state index contributed by atoms with van der Waals surface area (Å²) < 4.78 is 0. The molecule has 0 radical (unpaired) electrons. The van der Waals surface area contributed by atoms with E-state index in [4.69, 9.17) is 0 Å². The molecule has 3 heteroatoms. The van der Waals surface area contributed by atoms with E-state index in [1.807, 2.05) is 0 Å². The molecule has 3 heterocycles. The van der Waals surface area contributed by atoms with Crippen LogP contribution >= 0.6 is 0 Å². The second-order valence-corrected chi connectivity index (χ2v) is 14.7. The smallest absolute Gasteiger partial charge is 0.00387 e. The van der Waals surface area contributed by atoms with Gasteiger partial charge in [0.25, 0.3) is 0 Å². The van der Waals surface area contributed by atoms with Crippen molar-refractivity contribution in [3.63, 3.8) is 0 Å². The van der Waals surface area contributed by atoms with Gasteiger partial charge in [-0.15, -0.1) is 0 Å². The molecule has 3 aliphatic heterocycles. The van der Waals surface area contributed by atoms with Crippen LogP contribution in [-0.2, 0) is 0 Å². The highest BCUT2D eigenvalue weighted by Gasteiger charge is 2.57. The van der Waals surface area contributed by atoms with Gasteiger partial charge in [0.05, 0.1) is 0 Å². The van der Waals surface area contributed by atoms with Gasteiger partial charge in [-0.05, 0) is 141 Å². The predicted octanol–water partition coefficient (Wildman–Crippen LogP) is 7.90. The van der Waals surface area contributed by atoms with Crippen LogP contribution in [0.15, 0.2) is 0 Å². The van der Waals surface area contributed by atoms with E-state index >= 15 is 0 Å². The van der Waals surface area contributed by atoms with E-state index in [1.54, 1.807) is 0 Å². The van der Waals surface area contributed by atoms with Gasteiger partial charge in [-0.1, -0.05) is 41.5 Å². The van der Waals surface area contributed by atoms with Crippen molar-refractivity contribution in [3.8, 4) is 0 Å². The van der Waals surface area contributed by atoms with Crippen molar-refractivity contribution >= 4 is 0 Å². The molecule has 0 aromatic carbocycles. The average Bonchev–Trinajstić information content (AvgIpc) is 3.35. The third kappa shape index (κ3) is 8.98. The number of hydrogen-bond acceptors (Lipinski definition) is 3. The standard InChI is InChI=1S/C12H23N.C11H23N.C10H21N/c1-9(2)12-5-6-13(10(3)4)8-11(12)7-12;1-9(2)11-5-7-12(8-6-11)10(3)4;1-8(2)10-5-6-11(7-10)9(3)4/h9-11H,5-8H2,1-4H3;9-11H,5-8H2,1-4H3;8-10H,5-7H2,1-4H3. The highest BCUT2D eigenvalue weighted by molar-refractivity contribution is 5.08. The first-order chi connectivity index (χ1) is 16.8. The molecule has 1 saturated carbocycles. The molecule has 3 unspecified atom stereocenters. The molecule has 0 amide bonds. The third-order valence-corrected chi connectivity index (χ3v) is 10.7. The van der Waals surface area contributed by atoms with Crippen LogP contribution in [0.2, 0.25) is 0 Å². The summed E-state index contributed by atoms with van der Waals surface area (Å²) in [5.41, 5.74) is 0.769. The fourth-order valence-electron chi connectivity index (χ4n) is 7.07. The quantitative estimate of drug-likeness (QED) is 0.363. The summed E-state index contributed by atoms with van der Waals surface area (Å²) >= 11 is 0. The van der Waals surface area contributed by atoms with Crippen LogP contribution in [0.3, 0.4) is 0 Å². The molecule has 0 aromatic rings. The van der Waals surface area contributed by atoms with E-state index in [-0.39, 0.29) is 0 Å². The Balaban J connectivity index is 0.000000191. The Labute approximate surface area is 228 Å². The number of hydrogen-bond donors (Lipinski definition) is 0. The van der Waals surface area contributed by atoms with Crippen LogP contribution in [-0.4, -0.2) is 72.1 Å². The Morgan fingerprint density at radius 1 is 0.528 bits per heavy atom. The number of nitrogens with zero attached hydrogens (tertiary/aromatic N) is 3. The minimum absolute atomic E-state index is 0.748.